The Labute approximate surface area is 264 Å². The highest BCUT2D eigenvalue weighted by atomic mass is 32.2. The number of pyridine rings is 2. The summed E-state index contributed by atoms with van der Waals surface area (Å²) in [7, 11) is -3.43. The zero-order valence-electron chi connectivity index (χ0n) is 25.1. The Morgan fingerprint density at radius 2 is 1.83 bits per heavy atom. The van der Waals surface area contributed by atoms with Crippen LogP contribution in [0.4, 0.5) is 10.1 Å². The summed E-state index contributed by atoms with van der Waals surface area (Å²) < 4.78 is 40.3. The lowest BCUT2D eigenvalue weighted by molar-refractivity contribution is -0.120. The van der Waals surface area contributed by atoms with Gasteiger partial charge < -0.3 is 10.3 Å². The Kier molecular flexibility index (Phi) is 7.83. The summed E-state index contributed by atoms with van der Waals surface area (Å²) in [6, 6.07) is 17.9. The number of aromatic amines is 2. The fourth-order valence-electron chi connectivity index (χ4n) is 6.16. The molecule has 4 aromatic heterocycles. The predicted molar refractivity (Wildman–Crippen MR) is 177 cm³/mol. The van der Waals surface area contributed by atoms with Gasteiger partial charge in [-0.25, -0.2) is 22.5 Å². The third-order valence-electron chi connectivity index (χ3n) is 8.41. The van der Waals surface area contributed by atoms with Gasteiger partial charge in [-0.2, -0.15) is 5.10 Å². The lowest BCUT2D eigenvalue weighted by Crippen LogP contribution is -2.24. The van der Waals surface area contributed by atoms with Crippen LogP contribution in [-0.2, 0) is 21.4 Å². The molecule has 0 spiro atoms. The number of nitrogens with zero attached hydrogens (tertiary/aromatic N) is 3. The minimum atomic E-state index is -3.43. The normalized spacial score (nSPS) is 14.2. The van der Waals surface area contributed by atoms with Crippen molar-refractivity contribution in [1.82, 2.24) is 29.9 Å². The van der Waals surface area contributed by atoms with Gasteiger partial charge in [-0.3, -0.25) is 14.9 Å². The topological polar surface area (TPSA) is 146 Å². The van der Waals surface area contributed by atoms with E-state index in [4.69, 9.17) is 4.98 Å². The minimum absolute atomic E-state index is 0.0173. The Morgan fingerprint density at radius 1 is 0.978 bits per heavy atom. The molecule has 0 unspecified atom stereocenters. The van der Waals surface area contributed by atoms with E-state index in [9.17, 15) is 17.6 Å². The summed E-state index contributed by atoms with van der Waals surface area (Å²) in [4.78, 5) is 25.6. The summed E-state index contributed by atoms with van der Waals surface area (Å²) >= 11 is 0. The monoisotopic (exact) mass is 637 g/mol. The first-order chi connectivity index (χ1) is 22.2. The van der Waals surface area contributed by atoms with Crippen molar-refractivity contribution >= 4 is 43.6 Å². The fourth-order valence-corrected chi connectivity index (χ4v) is 6.59. The smallest absolute Gasteiger partial charge is 0.227 e. The van der Waals surface area contributed by atoms with E-state index < -0.39 is 15.8 Å². The molecule has 7 rings (SSSR count). The molecular formula is C34H32FN7O3S. The lowest BCUT2D eigenvalue weighted by atomic mass is 9.88. The Morgan fingerprint density at radius 3 is 2.65 bits per heavy atom. The largest absolute Gasteiger partial charge is 0.353 e. The van der Waals surface area contributed by atoms with Crippen LogP contribution >= 0.6 is 0 Å². The second kappa shape index (κ2) is 12.1. The number of fused-ring (bicyclic) bond motifs is 2. The van der Waals surface area contributed by atoms with E-state index in [-0.39, 0.29) is 18.4 Å². The van der Waals surface area contributed by atoms with Gasteiger partial charge in [-0.05, 0) is 78.1 Å². The molecule has 0 bridgehead atoms. The molecule has 0 saturated heterocycles. The molecule has 1 amide bonds. The zero-order chi connectivity index (χ0) is 31.8. The molecular weight excluding hydrogens is 605 g/mol. The van der Waals surface area contributed by atoms with Gasteiger partial charge in [0.2, 0.25) is 15.9 Å². The van der Waals surface area contributed by atoms with Crippen molar-refractivity contribution in [1.29, 1.82) is 0 Å². The molecule has 1 saturated carbocycles. The Balaban J connectivity index is 1.21. The number of halogens is 1. The van der Waals surface area contributed by atoms with E-state index in [1.54, 1.807) is 18.5 Å². The average molecular weight is 638 g/mol. The van der Waals surface area contributed by atoms with Crippen molar-refractivity contribution in [2.24, 2.45) is 5.92 Å². The molecule has 46 heavy (non-hydrogen) atoms. The van der Waals surface area contributed by atoms with Crippen LogP contribution in [0.2, 0.25) is 0 Å². The van der Waals surface area contributed by atoms with Gasteiger partial charge in [0, 0.05) is 35.1 Å². The molecule has 1 aliphatic carbocycles. The first-order valence-electron chi connectivity index (χ1n) is 15.2. The molecule has 0 aliphatic heterocycles. The molecule has 6 aromatic rings. The van der Waals surface area contributed by atoms with E-state index in [0.29, 0.717) is 33.7 Å². The van der Waals surface area contributed by atoms with Crippen molar-refractivity contribution in [2.45, 2.75) is 38.6 Å². The maximum absolute atomic E-state index is 14.7. The van der Waals surface area contributed by atoms with E-state index in [2.05, 4.69) is 30.2 Å². The molecule has 12 heteroatoms. The van der Waals surface area contributed by atoms with Crippen LogP contribution in [0.25, 0.3) is 55.7 Å². The summed E-state index contributed by atoms with van der Waals surface area (Å²) in [5.41, 5.74) is 7.57. The number of rotatable bonds is 8. The van der Waals surface area contributed by atoms with Crippen LogP contribution in [0.1, 0.15) is 37.7 Å². The molecule has 0 radical (unpaired) electrons. The molecule has 2 aromatic carbocycles. The molecule has 234 valence electrons. The van der Waals surface area contributed by atoms with Crippen LogP contribution in [0.3, 0.4) is 0 Å². The molecule has 1 aliphatic rings. The van der Waals surface area contributed by atoms with Crippen molar-refractivity contribution in [3.8, 4) is 33.8 Å². The van der Waals surface area contributed by atoms with Crippen LogP contribution in [-0.4, -0.2) is 45.7 Å². The highest BCUT2D eigenvalue weighted by Crippen LogP contribution is 2.35. The van der Waals surface area contributed by atoms with Crippen LogP contribution in [0.15, 0.2) is 73.1 Å². The number of sulfonamides is 1. The Bertz CT molecular complexity index is 2200. The molecule has 4 N–H and O–H groups in total. The van der Waals surface area contributed by atoms with Crippen molar-refractivity contribution in [2.75, 3.05) is 11.6 Å². The lowest BCUT2D eigenvalue weighted by Gasteiger charge is -2.20. The number of aromatic nitrogens is 5. The first kappa shape index (κ1) is 29.8. The third kappa shape index (κ3) is 6.26. The first-order valence-corrected chi connectivity index (χ1v) is 17.1. The van der Waals surface area contributed by atoms with E-state index in [0.717, 1.165) is 65.2 Å². The standard InChI is InChI=1S/C34H32FN7O3S/c1-46(44,45)37-17-20-12-22(14-24(35)13-20)26-8-5-9-29-27(26)16-31(39-29)33-32-30(41-42-33)11-10-28(40-32)23-15-25(19-36-18-23)38-34(43)21-6-3-2-4-7-21/h5,8-16,18-19,21,37,39H,2-4,6-7,17H2,1H3,(H,38,43)(H,41,42). The van der Waals surface area contributed by atoms with E-state index in [1.807, 2.05) is 42.5 Å². The van der Waals surface area contributed by atoms with Gasteiger partial charge in [0.1, 0.15) is 17.0 Å². The van der Waals surface area contributed by atoms with Crippen LogP contribution < -0.4 is 10.0 Å². The van der Waals surface area contributed by atoms with Crippen molar-refractivity contribution in [3.63, 3.8) is 0 Å². The number of hydrogen-bond acceptors (Lipinski definition) is 6. The number of benzene rings is 2. The van der Waals surface area contributed by atoms with Crippen LogP contribution in [0, 0.1) is 11.7 Å². The van der Waals surface area contributed by atoms with Gasteiger partial charge in [-0.15, -0.1) is 0 Å². The molecule has 10 nitrogen and oxygen atoms in total. The Hall–Kier alpha value is -4.94. The summed E-state index contributed by atoms with van der Waals surface area (Å²) in [6.45, 7) is -0.0173. The van der Waals surface area contributed by atoms with Crippen molar-refractivity contribution in [3.05, 3.63) is 84.4 Å². The number of nitrogens with one attached hydrogen (secondary N) is 4. The fraction of sp³-hybridized carbons (Fsp3) is 0.235. The number of H-pyrrole nitrogens is 2. The van der Waals surface area contributed by atoms with E-state index >= 15 is 0 Å². The highest BCUT2D eigenvalue weighted by Gasteiger charge is 2.22. The SMILES string of the molecule is CS(=O)(=O)NCc1cc(F)cc(-c2cccc3[nH]c(-c4n[nH]c5ccc(-c6cncc(NC(=O)C7CCCCC7)c6)nc45)cc23)c1. The van der Waals surface area contributed by atoms with E-state index in [1.165, 1.54) is 18.6 Å². The summed E-state index contributed by atoms with van der Waals surface area (Å²) in [5.74, 6) is -0.382. The summed E-state index contributed by atoms with van der Waals surface area (Å²) in [5, 5.41) is 11.5. The van der Waals surface area contributed by atoms with Gasteiger partial charge in [0.25, 0.3) is 0 Å². The number of carbonyl (C=O) groups excluding carboxylic acids is 1. The maximum atomic E-state index is 14.7. The second-order valence-corrected chi connectivity index (χ2v) is 13.7. The zero-order valence-corrected chi connectivity index (χ0v) is 25.9. The van der Waals surface area contributed by atoms with Gasteiger partial charge >= 0.3 is 0 Å². The molecule has 1 fully saturated rings. The number of carbonyl (C=O) groups is 1. The van der Waals surface area contributed by atoms with Gasteiger partial charge in [0.05, 0.1) is 35.0 Å². The molecule has 4 heterocycles. The number of anilines is 1. The summed E-state index contributed by atoms with van der Waals surface area (Å²) in [6.07, 6.45) is 9.63. The van der Waals surface area contributed by atoms with Gasteiger partial charge in [0.15, 0.2) is 0 Å². The second-order valence-electron chi connectivity index (χ2n) is 11.8. The minimum Gasteiger partial charge on any atom is -0.353 e. The third-order valence-corrected chi connectivity index (χ3v) is 9.08. The van der Waals surface area contributed by atoms with Crippen LogP contribution in [0.5, 0.6) is 0 Å². The highest BCUT2D eigenvalue weighted by molar-refractivity contribution is 7.88. The predicted octanol–water partition coefficient (Wildman–Crippen LogP) is 6.54. The number of amides is 1. The average Bonchev–Trinajstić information content (AvgIpc) is 3.68. The molecule has 0 atom stereocenters. The van der Waals surface area contributed by atoms with Crippen molar-refractivity contribution < 1.29 is 17.6 Å². The quantitative estimate of drug-likeness (QED) is 0.149. The maximum Gasteiger partial charge on any atom is 0.227 e. The van der Waals surface area contributed by atoms with Gasteiger partial charge in [-0.1, -0.05) is 31.4 Å². The number of hydrogen-bond donors (Lipinski definition) is 4.